The van der Waals surface area contributed by atoms with Gasteiger partial charge < -0.3 is 24.4 Å². The van der Waals surface area contributed by atoms with Crippen molar-refractivity contribution in [2.24, 2.45) is 0 Å². The van der Waals surface area contributed by atoms with Gasteiger partial charge >= 0.3 is 0 Å². The zero-order valence-corrected chi connectivity index (χ0v) is 21.3. The second kappa shape index (κ2) is 10.8. The number of benzene rings is 3. The lowest BCUT2D eigenvalue weighted by molar-refractivity contribution is -0.132. The number of phenolic OH excluding ortho intramolecular Hbond substituents is 1. The molecule has 1 aliphatic rings. The fourth-order valence-corrected chi connectivity index (χ4v) is 4.42. The number of anilines is 1. The third-order valence-corrected chi connectivity index (χ3v) is 6.20. The summed E-state index contributed by atoms with van der Waals surface area (Å²) in [5.74, 6) is -0.847. The standard InChI is InChI=1S/C28H26ClNO7/c1-4-36-21-13-9-18(15-23(21)37-5-2)30-25(16-6-10-19(31)11-7-16)24(27(33)28(30)34)26(32)17-8-12-20(29)22(14-17)35-3/h6-15,25,31-32H,4-5H2,1-3H3/b26-24+. The van der Waals surface area contributed by atoms with Crippen LogP contribution < -0.4 is 19.1 Å². The molecule has 1 atom stereocenters. The van der Waals surface area contributed by atoms with Crippen LogP contribution in [0.1, 0.15) is 31.0 Å². The van der Waals surface area contributed by atoms with Crippen LogP contribution in [0.3, 0.4) is 0 Å². The minimum atomic E-state index is -0.991. The number of aliphatic hydroxyl groups is 1. The number of halogens is 1. The Balaban J connectivity index is 1.92. The Morgan fingerprint density at radius 1 is 0.919 bits per heavy atom. The van der Waals surface area contributed by atoms with Gasteiger partial charge in [0.1, 0.15) is 17.3 Å². The summed E-state index contributed by atoms with van der Waals surface area (Å²) in [6.07, 6.45) is 0. The zero-order chi connectivity index (χ0) is 26.7. The molecule has 1 saturated heterocycles. The maximum atomic E-state index is 13.4. The molecule has 192 valence electrons. The van der Waals surface area contributed by atoms with Gasteiger partial charge in [0.15, 0.2) is 11.5 Å². The van der Waals surface area contributed by atoms with Crippen molar-refractivity contribution in [2.45, 2.75) is 19.9 Å². The largest absolute Gasteiger partial charge is 0.508 e. The Kier molecular flexibility index (Phi) is 7.59. The number of phenols is 1. The zero-order valence-electron chi connectivity index (χ0n) is 20.5. The highest BCUT2D eigenvalue weighted by Crippen LogP contribution is 2.44. The van der Waals surface area contributed by atoms with Crippen LogP contribution in [0.5, 0.6) is 23.0 Å². The van der Waals surface area contributed by atoms with Gasteiger partial charge in [0.05, 0.1) is 37.0 Å². The highest BCUT2D eigenvalue weighted by atomic mass is 35.5. The fourth-order valence-electron chi connectivity index (χ4n) is 4.22. The van der Waals surface area contributed by atoms with E-state index in [-0.39, 0.29) is 22.6 Å². The highest BCUT2D eigenvalue weighted by molar-refractivity contribution is 6.51. The van der Waals surface area contributed by atoms with Crippen LogP contribution in [0.4, 0.5) is 5.69 Å². The molecule has 0 bridgehead atoms. The second-order valence-corrected chi connectivity index (χ2v) is 8.51. The van der Waals surface area contributed by atoms with Gasteiger partial charge in [-0.1, -0.05) is 23.7 Å². The first kappa shape index (κ1) is 25.9. The lowest BCUT2D eigenvalue weighted by Gasteiger charge is -2.26. The van der Waals surface area contributed by atoms with Crippen molar-refractivity contribution in [3.8, 4) is 23.0 Å². The first-order valence-electron chi connectivity index (χ1n) is 11.6. The minimum absolute atomic E-state index is 0.0165. The Morgan fingerprint density at radius 2 is 1.59 bits per heavy atom. The molecule has 1 heterocycles. The molecular weight excluding hydrogens is 498 g/mol. The number of rotatable bonds is 8. The predicted molar refractivity (Wildman–Crippen MR) is 140 cm³/mol. The number of hydrogen-bond acceptors (Lipinski definition) is 7. The molecule has 4 rings (SSSR count). The molecule has 1 amide bonds. The Labute approximate surface area is 219 Å². The Bertz CT molecular complexity index is 1370. The smallest absolute Gasteiger partial charge is 0.300 e. The normalized spacial score (nSPS) is 16.6. The van der Waals surface area contributed by atoms with Crippen LogP contribution >= 0.6 is 11.6 Å². The molecule has 2 N–H and O–H groups in total. The number of Topliss-reactive ketones (excluding diaryl/α,β-unsaturated/α-hetero) is 1. The molecule has 9 heteroatoms. The monoisotopic (exact) mass is 523 g/mol. The lowest BCUT2D eigenvalue weighted by Crippen LogP contribution is -2.29. The van der Waals surface area contributed by atoms with Crippen molar-refractivity contribution in [3.05, 3.63) is 82.4 Å². The molecule has 0 saturated carbocycles. The van der Waals surface area contributed by atoms with Crippen LogP contribution in [0.25, 0.3) is 5.76 Å². The quantitative estimate of drug-likeness (QED) is 0.229. The van der Waals surface area contributed by atoms with E-state index < -0.39 is 17.7 Å². The molecule has 0 radical (unpaired) electrons. The number of carbonyl (C=O) groups is 2. The first-order valence-corrected chi connectivity index (χ1v) is 12.0. The van der Waals surface area contributed by atoms with Crippen molar-refractivity contribution in [1.29, 1.82) is 0 Å². The summed E-state index contributed by atoms with van der Waals surface area (Å²) in [5.41, 5.74) is 1.02. The summed E-state index contributed by atoms with van der Waals surface area (Å²) in [4.78, 5) is 28.1. The van der Waals surface area contributed by atoms with Crippen LogP contribution in [0.2, 0.25) is 5.02 Å². The van der Waals surface area contributed by atoms with E-state index in [2.05, 4.69) is 0 Å². The maximum absolute atomic E-state index is 13.4. The SMILES string of the molecule is CCOc1ccc(N2C(=O)C(=O)/C(=C(/O)c3ccc(Cl)c(OC)c3)C2c2ccc(O)cc2)cc1OCC. The molecule has 0 aromatic heterocycles. The summed E-state index contributed by atoms with van der Waals surface area (Å²) in [6, 6.07) is 14.6. The van der Waals surface area contributed by atoms with Crippen molar-refractivity contribution >= 4 is 34.7 Å². The van der Waals surface area contributed by atoms with E-state index in [1.807, 2.05) is 13.8 Å². The number of carbonyl (C=O) groups excluding carboxylic acids is 2. The fraction of sp³-hybridized carbons (Fsp3) is 0.214. The highest BCUT2D eigenvalue weighted by Gasteiger charge is 2.47. The van der Waals surface area contributed by atoms with E-state index in [0.717, 1.165) is 0 Å². The van der Waals surface area contributed by atoms with Crippen LogP contribution in [0.15, 0.2) is 66.2 Å². The number of aromatic hydroxyl groups is 1. The van der Waals surface area contributed by atoms with E-state index in [1.54, 1.807) is 30.3 Å². The number of amides is 1. The average molecular weight is 524 g/mol. The Morgan fingerprint density at radius 3 is 2.24 bits per heavy atom. The molecule has 3 aromatic rings. The number of aliphatic hydroxyl groups excluding tert-OH is 1. The second-order valence-electron chi connectivity index (χ2n) is 8.11. The van der Waals surface area contributed by atoms with E-state index in [4.69, 9.17) is 25.8 Å². The number of ketones is 1. The molecule has 8 nitrogen and oxygen atoms in total. The number of nitrogens with zero attached hydrogens (tertiary/aromatic N) is 1. The summed E-state index contributed by atoms with van der Waals surface area (Å²) >= 11 is 6.13. The van der Waals surface area contributed by atoms with Gasteiger partial charge in [-0.2, -0.15) is 0 Å². The van der Waals surface area contributed by atoms with Gasteiger partial charge in [0.25, 0.3) is 11.7 Å². The molecule has 0 spiro atoms. The van der Waals surface area contributed by atoms with Gasteiger partial charge in [-0.15, -0.1) is 0 Å². The van der Waals surface area contributed by atoms with E-state index in [1.165, 1.54) is 42.3 Å². The van der Waals surface area contributed by atoms with E-state index in [9.17, 15) is 19.8 Å². The minimum Gasteiger partial charge on any atom is -0.508 e. The molecule has 37 heavy (non-hydrogen) atoms. The molecule has 0 aliphatic carbocycles. The summed E-state index contributed by atoms with van der Waals surface area (Å²) in [6.45, 7) is 4.45. The number of ether oxygens (including phenoxy) is 3. The van der Waals surface area contributed by atoms with Gasteiger partial charge in [-0.05, 0) is 61.9 Å². The molecule has 1 aliphatic heterocycles. The van der Waals surface area contributed by atoms with E-state index >= 15 is 0 Å². The third kappa shape index (κ3) is 4.93. The lowest BCUT2D eigenvalue weighted by atomic mass is 9.95. The summed E-state index contributed by atoms with van der Waals surface area (Å²) in [5, 5.41) is 21.5. The molecule has 3 aromatic carbocycles. The average Bonchev–Trinajstić information content (AvgIpc) is 3.16. The topological polar surface area (TPSA) is 106 Å². The van der Waals surface area contributed by atoms with Crippen LogP contribution in [0, 0.1) is 0 Å². The number of methoxy groups -OCH3 is 1. The first-order chi connectivity index (χ1) is 17.8. The van der Waals surface area contributed by atoms with Gasteiger partial charge in [0, 0.05) is 17.3 Å². The van der Waals surface area contributed by atoms with Crippen molar-refractivity contribution < 1.29 is 34.0 Å². The summed E-state index contributed by atoms with van der Waals surface area (Å²) in [7, 11) is 1.43. The van der Waals surface area contributed by atoms with Crippen LogP contribution in [-0.2, 0) is 9.59 Å². The van der Waals surface area contributed by atoms with Crippen molar-refractivity contribution in [3.63, 3.8) is 0 Å². The predicted octanol–water partition coefficient (Wildman–Crippen LogP) is 5.48. The number of hydrogen-bond donors (Lipinski definition) is 2. The van der Waals surface area contributed by atoms with Gasteiger partial charge in [0.2, 0.25) is 0 Å². The molecule has 1 fully saturated rings. The van der Waals surface area contributed by atoms with E-state index in [0.29, 0.717) is 46.7 Å². The van der Waals surface area contributed by atoms with Gasteiger partial charge in [-0.3, -0.25) is 14.5 Å². The van der Waals surface area contributed by atoms with Crippen molar-refractivity contribution in [2.75, 3.05) is 25.2 Å². The van der Waals surface area contributed by atoms with Crippen molar-refractivity contribution in [1.82, 2.24) is 0 Å². The maximum Gasteiger partial charge on any atom is 0.300 e. The van der Waals surface area contributed by atoms with Crippen LogP contribution in [-0.4, -0.2) is 42.2 Å². The molecular formula is C28H26ClNO7. The third-order valence-electron chi connectivity index (χ3n) is 5.88. The summed E-state index contributed by atoms with van der Waals surface area (Å²) < 4.78 is 16.6. The molecule has 1 unspecified atom stereocenters. The Hall–Kier alpha value is -4.17. The van der Waals surface area contributed by atoms with Gasteiger partial charge in [-0.25, -0.2) is 0 Å².